The van der Waals surface area contributed by atoms with Crippen LogP contribution in [0.5, 0.6) is 0 Å². The van der Waals surface area contributed by atoms with E-state index in [1.807, 2.05) is 0 Å². The van der Waals surface area contributed by atoms with Crippen LogP contribution >= 0.6 is 0 Å². The smallest absolute Gasteiger partial charge is 0.143 e. The highest BCUT2D eigenvalue weighted by atomic mass is 16.3. The van der Waals surface area contributed by atoms with E-state index in [0.29, 0.717) is 0 Å². The van der Waals surface area contributed by atoms with Crippen molar-refractivity contribution < 1.29 is 4.42 Å². The Balaban J connectivity index is 1.08. The summed E-state index contributed by atoms with van der Waals surface area (Å²) >= 11 is 0. The molecular weight excluding hydrogens is 667 g/mol. The lowest BCUT2D eigenvalue weighted by Gasteiger charge is -2.29. The van der Waals surface area contributed by atoms with Gasteiger partial charge in [-0.3, -0.25) is 0 Å². The average molecular weight is 704 g/mol. The van der Waals surface area contributed by atoms with Crippen LogP contribution in [-0.4, -0.2) is 0 Å². The summed E-state index contributed by atoms with van der Waals surface area (Å²) in [5, 5.41) is 6.99. The van der Waals surface area contributed by atoms with Crippen LogP contribution < -0.4 is 4.90 Å². The van der Waals surface area contributed by atoms with Crippen molar-refractivity contribution in [1.29, 1.82) is 0 Å². The highest BCUT2D eigenvalue weighted by Gasteiger charge is 2.35. The third-order valence-corrected chi connectivity index (χ3v) is 11.9. The summed E-state index contributed by atoms with van der Waals surface area (Å²) in [7, 11) is 0. The third-order valence-electron chi connectivity index (χ3n) is 11.9. The number of benzene rings is 9. The van der Waals surface area contributed by atoms with Crippen molar-refractivity contribution in [1.82, 2.24) is 0 Å². The quantitative estimate of drug-likeness (QED) is 0.177. The minimum atomic E-state index is -0.102. The van der Waals surface area contributed by atoms with E-state index in [9.17, 15) is 0 Å². The summed E-state index contributed by atoms with van der Waals surface area (Å²) in [6, 6.07) is 68.4. The van der Waals surface area contributed by atoms with Crippen LogP contribution in [0.3, 0.4) is 0 Å². The summed E-state index contributed by atoms with van der Waals surface area (Å²) in [4.78, 5) is 2.43. The Kier molecular flexibility index (Phi) is 6.93. The van der Waals surface area contributed by atoms with Crippen LogP contribution in [0.15, 0.2) is 192 Å². The maximum absolute atomic E-state index is 6.59. The minimum absolute atomic E-state index is 0.102. The molecule has 11 rings (SSSR count). The lowest BCUT2D eigenvalue weighted by Crippen LogP contribution is -2.16. The van der Waals surface area contributed by atoms with Gasteiger partial charge >= 0.3 is 0 Å². The molecule has 55 heavy (non-hydrogen) atoms. The number of fused-ring (bicyclic) bond motifs is 9. The number of furan rings is 1. The second kappa shape index (κ2) is 12.1. The molecule has 2 heteroatoms. The molecule has 0 saturated heterocycles. The van der Waals surface area contributed by atoms with Gasteiger partial charge in [0.1, 0.15) is 11.2 Å². The number of anilines is 3. The van der Waals surface area contributed by atoms with Gasteiger partial charge in [0.25, 0.3) is 0 Å². The first-order valence-corrected chi connectivity index (χ1v) is 19.1. The van der Waals surface area contributed by atoms with Gasteiger partial charge in [0.2, 0.25) is 0 Å². The number of nitrogens with zero attached hydrogens (tertiary/aromatic N) is 1. The van der Waals surface area contributed by atoms with E-state index in [1.165, 1.54) is 60.7 Å². The fraction of sp³-hybridized carbons (Fsp3) is 0.0566. The van der Waals surface area contributed by atoms with Gasteiger partial charge in [0, 0.05) is 38.3 Å². The zero-order chi connectivity index (χ0) is 36.7. The van der Waals surface area contributed by atoms with Gasteiger partial charge in [-0.25, -0.2) is 0 Å². The first-order chi connectivity index (χ1) is 27.0. The Hall–Kier alpha value is -6.90. The van der Waals surface area contributed by atoms with E-state index in [4.69, 9.17) is 4.42 Å². The normalized spacial score (nSPS) is 13.1. The van der Waals surface area contributed by atoms with Crippen LogP contribution in [0, 0.1) is 0 Å². The van der Waals surface area contributed by atoms with Crippen molar-refractivity contribution in [3.8, 4) is 33.4 Å². The second-order valence-electron chi connectivity index (χ2n) is 15.3. The zero-order valence-corrected chi connectivity index (χ0v) is 30.8. The molecule has 0 bridgehead atoms. The molecule has 0 N–H and O–H groups in total. The standard InChI is InChI=1S/C53H37NO/c1-53(2)48-21-11-10-19-42(48)43-29-28-39(32-49(43)53)54(50-22-12-16-35-15-6-7-17-40(35)50)38-26-23-36(24-27-38)45-33-47-46-31-37(34-13-4-3-5-14-34)25-30-51(46)55-52(47)44-20-9-8-18-41(44)45/h3-33H,1-2H3. The molecule has 1 heterocycles. The molecule has 10 aromatic rings. The van der Waals surface area contributed by atoms with Crippen LogP contribution in [0.4, 0.5) is 17.1 Å². The topological polar surface area (TPSA) is 16.4 Å². The molecule has 2 nitrogen and oxygen atoms in total. The Morgan fingerprint density at radius 3 is 1.93 bits per heavy atom. The summed E-state index contributed by atoms with van der Waals surface area (Å²) in [6.07, 6.45) is 0. The van der Waals surface area contributed by atoms with E-state index in [-0.39, 0.29) is 5.41 Å². The molecule has 0 unspecified atom stereocenters. The summed E-state index contributed by atoms with van der Waals surface area (Å²) in [6.45, 7) is 4.71. The molecule has 0 aliphatic heterocycles. The number of hydrogen-bond acceptors (Lipinski definition) is 2. The van der Waals surface area contributed by atoms with Crippen molar-refractivity contribution in [3.05, 3.63) is 199 Å². The molecule has 0 spiro atoms. The van der Waals surface area contributed by atoms with Gasteiger partial charge in [-0.05, 0) is 104 Å². The van der Waals surface area contributed by atoms with Crippen LogP contribution in [-0.2, 0) is 5.41 Å². The Morgan fingerprint density at radius 1 is 0.400 bits per heavy atom. The second-order valence-corrected chi connectivity index (χ2v) is 15.3. The maximum Gasteiger partial charge on any atom is 0.143 e. The molecule has 1 aromatic heterocycles. The highest BCUT2D eigenvalue weighted by Crippen LogP contribution is 2.51. The fourth-order valence-electron chi connectivity index (χ4n) is 9.10. The largest absolute Gasteiger partial charge is 0.455 e. The maximum atomic E-state index is 6.59. The van der Waals surface area contributed by atoms with Gasteiger partial charge < -0.3 is 9.32 Å². The van der Waals surface area contributed by atoms with Crippen molar-refractivity contribution in [3.63, 3.8) is 0 Å². The number of hydrogen-bond donors (Lipinski definition) is 0. The van der Waals surface area contributed by atoms with Crippen LogP contribution in [0.2, 0.25) is 0 Å². The molecule has 260 valence electrons. The van der Waals surface area contributed by atoms with Crippen molar-refractivity contribution in [2.75, 3.05) is 4.90 Å². The van der Waals surface area contributed by atoms with Gasteiger partial charge in [0.05, 0.1) is 5.69 Å². The molecule has 1 aliphatic carbocycles. The minimum Gasteiger partial charge on any atom is -0.455 e. The predicted molar refractivity (Wildman–Crippen MR) is 232 cm³/mol. The SMILES string of the molecule is CC1(C)c2ccccc2-c2ccc(N(c3ccc(-c4cc5c6cc(-c7ccccc7)ccc6oc5c5ccccc45)cc3)c3cccc4ccccc34)cc21. The number of rotatable bonds is 5. The zero-order valence-electron chi connectivity index (χ0n) is 30.8. The van der Waals surface area contributed by atoms with Gasteiger partial charge in [-0.1, -0.05) is 153 Å². The van der Waals surface area contributed by atoms with Crippen molar-refractivity contribution in [2.24, 2.45) is 0 Å². The average Bonchev–Trinajstić information content (AvgIpc) is 3.72. The van der Waals surface area contributed by atoms with E-state index in [2.05, 4.69) is 207 Å². The molecule has 0 fully saturated rings. The fourth-order valence-corrected chi connectivity index (χ4v) is 9.10. The van der Waals surface area contributed by atoms with Crippen LogP contribution in [0.25, 0.3) is 76.9 Å². The molecule has 1 aliphatic rings. The van der Waals surface area contributed by atoms with E-state index in [1.54, 1.807) is 0 Å². The first-order valence-electron chi connectivity index (χ1n) is 19.1. The molecule has 9 aromatic carbocycles. The lowest BCUT2D eigenvalue weighted by atomic mass is 9.82. The van der Waals surface area contributed by atoms with Crippen molar-refractivity contribution in [2.45, 2.75) is 19.3 Å². The van der Waals surface area contributed by atoms with Crippen molar-refractivity contribution >= 4 is 60.5 Å². The van der Waals surface area contributed by atoms with Gasteiger partial charge in [-0.15, -0.1) is 0 Å². The van der Waals surface area contributed by atoms with E-state index < -0.39 is 0 Å². The lowest BCUT2D eigenvalue weighted by molar-refractivity contribution is 0.660. The highest BCUT2D eigenvalue weighted by molar-refractivity contribution is 6.19. The summed E-state index contributed by atoms with van der Waals surface area (Å²) in [5.74, 6) is 0. The molecule has 0 atom stereocenters. The van der Waals surface area contributed by atoms with E-state index in [0.717, 1.165) is 44.4 Å². The van der Waals surface area contributed by atoms with Gasteiger partial charge in [-0.2, -0.15) is 0 Å². The Bertz CT molecular complexity index is 3110. The summed E-state index contributed by atoms with van der Waals surface area (Å²) < 4.78 is 6.59. The monoisotopic (exact) mass is 703 g/mol. The first kappa shape index (κ1) is 31.6. The molecule has 0 saturated carbocycles. The predicted octanol–water partition coefficient (Wildman–Crippen LogP) is 15.0. The molecule has 0 radical (unpaired) electrons. The van der Waals surface area contributed by atoms with E-state index >= 15 is 0 Å². The molecule has 0 amide bonds. The Morgan fingerprint density at radius 2 is 1.07 bits per heavy atom. The van der Waals surface area contributed by atoms with Gasteiger partial charge in [0.15, 0.2) is 0 Å². The summed E-state index contributed by atoms with van der Waals surface area (Å²) in [5.41, 5.74) is 15.3. The molecular formula is C53H37NO. The third kappa shape index (κ3) is 4.88. The van der Waals surface area contributed by atoms with Crippen LogP contribution in [0.1, 0.15) is 25.0 Å². The Labute approximate surface area is 320 Å².